The molecule has 0 unspecified atom stereocenters. The fourth-order valence-electron chi connectivity index (χ4n) is 0.995. The maximum absolute atomic E-state index is 5.39. The second kappa shape index (κ2) is 4.39. The molecule has 2 aromatic rings. The maximum Gasteiger partial charge on any atom is 0.223 e. The molecular weight excluding hydrogens is 262 g/mol. The number of aryl methyl sites for hydroxylation is 1. The lowest BCUT2D eigenvalue weighted by atomic mass is 10.5. The Morgan fingerprint density at radius 1 is 1.47 bits per heavy atom. The highest BCUT2D eigenvalue weighted by Gasteiger charge is 2.02. The Hall–Kier alpha value is -1.43. The van der Waals surface area contributed by atoms with Gasteiger partial charge in [-0.2, -0.15) is 4.98 Å². The van der Waals surface area contributed by atoms with Crippen molar-refractivity contribution in [1.82, 2.24) is 15.1 Å². The Bertz CT molecular complexity index is 441. The molecule has 0 aliphatic heterocycles. The number of hydrogen-bond acceptors (Lipinski definition) is 5. The van der Waals surface area contributed by atoms with Crippen molar-refractivity contribution < 1.29 is 9.26 Å². The minimum atomic E-state index is 0.278. The number of aromatic nitrogens is 3. The summed E-state index contributed by atoms with van der Waals surface area (Å²) in [5.74, 6) is 1.72. The van der Waals surface area contributed by atoms with Crippen LogP contribution in [-0.4, -0.2) is 15.1 Å². The quantitative estimate of drug-likeness (QED) is 0.799. The first kappa shape index (κ1) is 10.1. The molecule has 0 atom stereocenters. The van der Waals surface area contributed by atoms with Gasteiger partial charge in [-0.05, 0) is 28.1 Å². The summed E-state index contributed by atoms with van der Waals surface area (Å²) < 4.78 is 11.0. The van der Waals surface area contributed by atoms with Crippen LogP contribution in [0.4, 0.5) is 0 Å². The first-order chi connectivity index (χ1) is 7.24. The fourth-order valence-corrected chi connectivity index (χ4v) is 1.23. The standard InChI is InChI=1S/C9H8BrN3O2/c1-6-12-9(13-15-6)5-14-7-2-3-8(10)11-4-7/h2-4H,5H2,1H3. The average molecular weight is 270 g/mol. The topological polar surface area (TPSA) is 61.0 Å². The van der Waals surface area contributed by atoms with Gasteiger partial charge >= 0.3 is 0 Å². The van der Waals surface area contributed by atoms with Crippen LogP contribution in [0.25, 0.3) is 0 Å². The molecule has 6 heteroatoms. The smallest absolute Gasteiger partial charge is 0.223 e. The average Bonchev–Trinajstić information content (AvgIpc) is 2.64. The van der Waals surface area contributed by atoms with Crippen LogP contribution in [-0.2, 0) is 6.61 Å². The zero-order chi connectivity index (χ0) is 10.7. The van der Waals surface area contributed by atoms with Crippen LogP contribution in [0, 0.1) is 6.92 Å². The van der Waals surface area contributed by atoms with Crippen molar-refractivity contribution in [2.45, 2.75) is 13.5 Å². The van der Waals surface area contributed by atoms with Crippen molar-refractivity contribution in [3.05, 3.63) is 34.6 Å². The molecule has 2 aromatic heterocycles. The molecule has 78 valence electrons. The third-order valence-corrected chi connectivity index (χ3v) is 2.11. The second-order valence-electron chi connectivity index (χ2n) is 2.83. The Morgan fingerprint density at radius 3 is 2.93 bits per heavy atom. The normalized spacial score (nSPS) is 10.3. The summed E-state index contributed by atoms with van der Waals surface area (Å²) in [6.07, 6.45) is 1.62. The Morgan fingerprint density at radius 2 is 2.33 bits per heavy atom. The molecule has 0 aromatic carbocycles. The molecule has 0 fully saturated rings. The van der Waals surface area contributed by atoms with E-state index >= 15 is 0 Å². The Labute approximate surface area is 94.6 Å². The van der Waals surface area contributed by atoms with Gasteiger partial charge in [-0.3, -0.25) is 0 Å². The van der Waals surface area contributed by atoms with Gasteiger partial charge in [-0.1, -0.05) is 5.16 Å². The largest absolute Gasteiger partial charge is 0.484 e. The molecular formula is C9H8BrN3O2. The van der Waals surface area contributed by atoms with E-state index in [1.54, 1.807) is 19.2 Å². The predicted octanol–water partition coefficient (Wildman–Crippen LogP) is 2.11. The lowest BCUT2D eigenvalue weighted by Crippen LogP contribution is -1.97. The number of ether oxygens (including phenoxy) is 1. The molecule has 2 heterocycles. The van der Waals surface area contributed by atoms with Gasteiger partial charge in [-0.25, -0.2) is 4.98 Å². The van der Waals surface area contributed by atoms with E-state index in [1.807, 2.05) is 6.07 Å². The molecule has 15 heavy (non-hydrogen) atoms. The minimum absolute atomic E-state index is 0.278. The predicted molar refractivity (Wildman–Crippen MR) is 55.3 cm³/mol. The lowest BCUT2D eigenvalue weighted by Gasteiger charge is -2.01. The van der Waals surface area contributed by atoms with E-state index in [0.29, 0.717) is 17.5 Å². The molecule has 0 aliphatic rings. The third kappa shape index (κ3) is 2.76. The van der Waals surface area contributed by atoms with Gasteiger partial charge in [0, 0.05) is 6.92 Å². The van der Waals surface area contributed by atoms with Crippen molar-refractivity contribution >= 4 is 15.9 Å². The van der Waals surface area contributed by atoms with Crippen molar-refractivity contribution in [3.8, 4) is 5.75 Å². The molecule has 2 rings (SSSR count). The summed E-state index contributed by atoms with van der Waals surface area (Å²) >= 11 is 3.24. The summed E-state index contributed by atoms with van der Waals surface area (Å²) in [4.78, 5) is 8.03. The van der Waals surface area contributed by atoms with Gasteiger partial charge in [0.05, 0.1) is 6.20 Å². The van der Waals surface area contributed by atoms with Gasteiger partial charge in [0.2, 0.25) is 11.7 Å². The van der Waals surface area contributed by atoms with Gasteiger partial charge in [0.25, 0.3) is 0 Å². The van der Waals surface area contributed by atoms with E-state index in [-0.39, 0.29) is 6.61 Å². The first-order valence-corrected chi connectivity index (χ1v) is 5.07. The molecule has 0 radical (unpaired) electrons. The van der Waals surface area contributed by atoms with E-state index in [2.05, 4.69) is 31.1 Å². The summed E-state index contributed by atoms with van der Waals surface area (Å²) in [6, 6.07) is 3.61. The van der Waals surface area contributed by atoms with E-state index in [1.165, 1.54) is 0 Å². The van der Waals surface area contributed by atoms with Crippen LogP contribution in [0.2, 0.25) is 0 Å². The molecule has 0 N–H and O–H groups in total. The summed E-state index contributed by atoms with van der Waals surface area (Å²) in [6.45, 7) is 2.01. The zero-order valence-electron chi connectivity index (χ0n) is 7.98. The summed E-state index contributed by atoms with van der Waals surface area (Å²) in [5.41, 5.74) is 0. The number of nitrogens with zero attached hydrogens (tertiary/aromatic N) is 3. The van der Waals surface area contributed by atoms with Crippen molar-refractivity contribution in [3.63, 3.8) is 0 Å². The van der Waals surface area contributed by atoms with E-state index in [9.17, 15) is 0 Å². The maximum atomic E-state index is 5.39. The number of pyridine rings is 1. The van der Waals surface area contributed by atoms with E-state index < -0.39 is 0 Å². The highest BCUT2D eigenvalue weighted by atomic mass is 79.9. The van der Waals surface area contributed by atoms with Crippen LogP contribution in [0.3, 0.4) is 0 Å². The molecule has 0 saturated heterocycles. The zero-order valence-corrected chi connectivity index (χ0v) is 9.56. The fraction of sp³-hybridized carbons (Fsp3) is 0.222. The van der Waals surface area contributed by atoms with Crippen molar-refractivity contribution in [2.24, 2.45) is 0 Å². The van der Waals surface area contributed by atoms with E-state index in [4.69, 9.17) is 9.26 Å². The monoisotopic (exact) mass is 269 g/mol. The molecule has 0 bridgehead atoms. The number of halogens is 1. The van der Waals surface area contributed by atoms with E-state index in [0.717, 1.165) is 4.60 Å². The summed E-state index contributed by atoms with van der Waals surface area (Å²) in [5, 5.41) is 3.71. The van der Waals surface area contributed by atoms with Crippen molar-refractivity contribution in [1.29, 1.82) is 0 Å². The van der Waals surface area contributed by atoms with Gasteiger partial charge in [-0.15, -0.1) is 0 Å². The number of rotatable bonds is 3. The second-order valence-corrected chi connectivity index (χ2v) is 3.65. The summed E-state index contributed by atoms with van der Waals surface area (Å²) in [7, 11) is 0. The van der Waals surface area contributed by atoms with Crippen molar-refractivity contribution in [2.75, 3.05) is 0 Å². The highest BCUT2D eigenvalue weighted by Crippen LogP contribution is 2.13. The first-order valence-electron chi connectivity index (χ1n) is 4.27. The number of hydrogen-bond donors (Lipinski definition) is 0. The van der Waals surface area contributed by atoms with Crippen LogP contribution in [0.5, 0.6) is 5.75 Å². The van der Waals surface area contributed by atoms with Crippen LogP contribution < -0.4 is 4.74 Å². The van der Waals surface area contributed by atoms with Gasteiger partial charge in [0.15, 0.2) is 6.61 Å². The highest BCUT2D eigenvalue weighted by molar-refractivity contribution is 9.10. The molecule has 0 amide bonds. The molecule has 0 spiro atoms. The Balaban J connectivity index is 1.96. The Kier molecular flexibility index (Phi) is 2.96. The van der Waals surface area contributed by atoms with Crippen LogP contribution in [0.1, 0.15) is 11.7 Å². The van der Waals surface area contributed by atoms with Crippen LogP contribution >= 0.6 is 15.9 Å². The minimum Gasteiger partial charge on any atom is -0.484 e. The molecule has 0 aliphatic carbocycles. The van der Waals surface area contributed by atoms with Crippen LogP contribution in [0.15, 0.2) is 27.5 Å². The lowest BCUT2D eigenvalue weighted by molar-refractivity contribution is 0.284. The van der Waals surface area contributed by atoms with Gasteiger partial charge in [0.1, 0.15) is 10.4 Å². The SMILES string of the molecule is Cc1nc(COc2ccc(Br)nc2)no1. The van der Waals surface area contributed by atoms with Gasteiger partial charge < -0.3 is 9.26 Å². The molecule has 0 saturated carbocycles. The third-order valence-electron chi connectivity index (χ3n) is 1.64. The molecule has 5 nitrogen and oxygen atoms in total.